The molecule has 4 nitrogen and oxygen atoms in total. The molecule has 130 valence electrons. The molecule has 1 aromatic heterocycles. The number of anilines is 1. The van der Waals surface area contributed by atoms with Gasteiger partial charge in [-0.2, -0.15) is 0 Å². The van der Waals surface area contributed by atoms with Gasteiger partial charge in [-0.15, -0.1) is 0 Å². The molecule has 1 aromatic carbocycles. The van der Waals surface area contributed by atoms with Gasteiger partial charge in [0.1, 0.15) is 0 Å². The number of benzene rings is 1. The molecule has 2 aromatic rings. The lowest BCUT2D eigenvalue weighted by molar-refractivity contribution is 0.180. The molecular weight excluding hydrogens is 377 g/mol. The molecule has 1 N–H and O–H groups in total. The van der Waals surface area contributed by atoms with Crippen molar-refractivity contribution in [2.45, 2.75) is 18.9 Å². The summed E-state index contributed by atoms with van der Waals surface area (Å²) in [6.45, 7) is 2.41. The lowest BCUT2D eigenvalue weighted by atomic mass is 9.83. The average Bonchev–Trinajstić information content (AvgIpc) is 2.55. The molecule has 0 spiro atoms. The number of aromatic nitrogens is 1. The highest BCUT2D eigenvalue weighted by Gasteiger charge is 2.35. The van der Waals surface area contributed by atoms with Crippen molar-refractivity contribution in [1.82, 2.24) is 9.47 Å². The maximum Gasteiger partial charge on any atom is 0.250 e. The first-order chi connectivity index (χ1) is 12.0. The van der Waals surface area contributed by atoms with Crippen LogP contribution in [0.4, 0.5) is 5.69 Å². The van der Waals surface area contributed by atoms with Crippen molar-refractivity contribution in [3.05, 3.63) is 62.5 Å². The number of fused-ring (bicyclic) bond motifs is 4. The summed E-state index contributed by atoms with van der Waals surface area (Å²) in [5, 5.41) is 5.05. The number of pyridine rings is 1. The smallest absolute Gasteiger partial charge is 0.250 e. The maximum atomic E-state index is 12.1. The van der Waals surface area contributed by atoms with E-state index in [1.807, 2.05) is 10.6 Å². The Morgan fingerprint density at radius 3 is 2.64 bits per heavy atom. The second kappa shape index (κ2) is 6.63. The molecule has 2 aliphatic rings. The van der Waals surface area contributed by atoms with Crippen LogP contribution in [0.1, 0.15) is 18.0 Å². The Labute approximate surface area is 161 Å². The van der Waals surface area contributed by atoms with Gasteiger partial charge in [-0.05, 0) is 48.8 Å². The van der Waals surface area contributed by atoms with Crippen molar-refractivity contribution in [2.75, 3.05) is 18.4 Å². The summed E-state index contributed by atoms with van der Waals surface area (Å²) in [6, 6.07) is 10.8. The van der Waals surface area contributed by atoms with Gasteiger partial charge in [-0.25, -0.2) is 0 Å². The predicted octanol–water partition coefficient (Wildman–Crippen LogP) is 3.97. The number of nitrogens with zero attached hydrogens (tertiary/aromatic N) is 2. The Morgan fingerprint density at radius 1 is 1.12 bits per heavy atom. The number of hydrogen-bond donors (Lipinski definition) is 1. The number of piperidine rings is 1. The summed E-state index contributed by atoms with van der Waals surface area (Å²) >= 11 is 17.7. The quantitative estimate of drug-likeness (QED) is 0.743. The first-order valence-electron chi connectivity index (χ1n) is 8.21. The molecule has 0 radical (unpaired) electrons. The molecule has 3 heterocycles. The van der Waals surface area contributed by atoms with E-state index in [0.29, 0.717) is 27.0 Å². The zero-order chi connectivity index (χ0) is 17.6. The van der Waals surface area contributed by atoms with Gasteiger partial charge >= 0.3 is 0 Å². The van der Waals surface area contributed by atoms with E-state index in [-0.39, 0.29) is 5.56 Å². The van der Waals surface area contributed by atoms with Crippen LogP contribution in [0.25, 0.3) is 0 Å². The van der Waals surface area contributed by atoms with E-state index >= 15 is 0 Å². The topological polar surface area (TPSA) is 37.3 Å². The van der Waals surface area contributed by atoms with Crippen LogP contribution in [-0.2, 0) is 6.54 Å². The fourth-order valence-corrected chi connectivity index (χ4v) is 4.68. The first-order valence-corrected chi connectivity index (χ1v) is 9.38. The van der Waals surface area contributed by atoms with Crippen LogP contribution >= 0.6 is 35.4 Å². The van der Waals surface area contributed by atoms with Crippen molar-refractivity contribution in [3.8, 4) is 0 Å². The third-order valence-electron chi connectivity index (χ3n) is 4.88. The lowest BCUT2D eigenvalue weighted by Crippen LogP contribution is -2.50. The Kier molecular flexibility index (Phi) is 4.48. The van der Waals surface area contributed by atoms with Crippen LogP contribution in [0, 0.1) is 5.92 Å². The van der Waals surface area contributed by atoms with Crippen LogP contribution < -0.4 is 10.9 Å². The highest BCUT2D eigenvalue weighted by atomic mass is 35.5. The van der Waals surface area contributed by atoms with Crippen molar-refractivity contribution in [1.29, 1.82) is 0 Å². The van der Waals surface area contributed by atoms with Gasteiger partial charge in [-0.3, -0.25) is 4.79 Å². The minimum absolute atomic E-state index is 0.0925. The van der Waals surface area contributed by atoms with Crippen LogP contribution in [0.15, 0.2) is 41.2 Å². The first kappa shape index (κ1) is 16.9. The number of hydrogen-bond acceptors (Lipinski definition) is 2. The van der Waals surface area contributed by atoms with Gasteiger partial charge in [0.2, 0.25) is 0 Å². The molecule has 2 atom stereocenters. The normalized spacial score (nSPS) is 21.6. The molecule has 0 amide bonds. The molecule has 7 heteroatoms. The van der Waals surface area contributed by atoms with Crippen LogP contribution in [0.3, 0.4) is 0 Å². The van der Waals surface area contributed by atoms with E-state index in [0.717, 1.165) is 37.4 Å². The van der Waals surface area contributed by atoms with Crippen molar-refractivity contribution < 1.29 is 0 Å². The summed E-state index contributed by atoms with van der Waals surface area (Å²) in [4.78, 5) is 14.3. The highest BCUT2D eigenvalue weighted by Crippen LogP contribution is 2.35. The molecule has 25 heavy (non-hydrogen) atoms. The largest absolute Gasteiger partial charge is 0.348 e. The van der Waals surface area contributed by atoms with E-state index in [4.69, 9.17) is 35.4 Å². The number of nitrogens with one attached hydrogen (secondary N) is 1. The van der Waals surface area contributed by atoms with Gasteiger partial charge < -0.3 is 14.8 Å². The summed E-state index contributed by atoms with van der Waals surface area (Å²) in [6.07, 6.45) is 1.10. The average molecular weight is 394 g/mol. The Hall–Kier alpha value is -1.56. The molecule has 0 aliphatic carbocycles. The van der Waals surface area contributed by atoms with E-state index in [1.165, 1.54) is 0 Å². The lowest BCUT2D eigenvalue weighted by Gasteiger charge is -2.43. The van der Waals surface area contributed by atoms with E-state index in [1.54, 1.807) is 24.3 Å². The summed E-state index contributed by atoms with van der Waals surface area (Å²) in [7, 11) is 0. The molecule has 0 unspecified atom stereocenters. The molecule has 2 aliphatic heterocycles. The number of rotatable bonds is 1. The van der Waals surface area contributed by atoms with Crippen LogP contribution in [0.2, 0.25) is 10.0 Å². The monoisotopic (exact) mass is 393 g/mol. The van der Waals surface area contributed by atoms with Crippen molar-refractivity contribution in [3.63, 3.8) is 0 Å². The predicted molar refractivity (Wildman–Crippen MR) is 106 cm³/mol. The number of halogens is 2. The Bertz CT molecular complexity index is 878. The molecule has 2 bridgehead atoms. The molecular formula is C18H17Cl2N3OS. The van der Waals surface area contributed by atoms with Gasteiger partial charge in [0.15, 0.2) is 5.11 Å². The standard InChI is InChI=1S/C18H17Cl2N3OS/c19-13-5-14(20)7-15(6-13)21-18(25)22-8-11-4-12(10-22)16-2-1-3-17(24)23(16)9-11/h1-3,5-7,11-12H,4,8-10H2,(H,21,25)/t11-,12+/m0/s1. The second-order valence-electron chi connectivity index (χ2n) is 6.69. The zero-order valence-electron chi connectivity index (χ0n) is 13.4. The summed E-state index contributed by atoms with van der Waals surface area (Å²) in [5.41, 5.74) is 1.99. The third-order valence-corrected chi connectivity index (χ3v) is 5.68. The Morgan fingerprint density at radius 2 is 1.88 bits per heavy atom. The minimum atomic E-state index is 0.0925. The summed E-state index contributed by atoms with van der Waals surface area (Å²) < 4.78 is 1.92. The molecule has 1 fully saturated rings. The van der Waals surface area contributed by atoms with Crippen molar-refractivity contribution in [2.24, 2.45) is 5.92 Å². The van der Waals surface area contributed by atoms with E-state index in [2.05, 4.69) is 16.3 Å². The van der Waals surface area contributed by atoms with Gasteiger partial charge in [0.25, 0.3) is 5.56 Å². The number of likely N-dealkylation sites (tertiary alicyclic amines) is 1. The van der Waals surface area contributed by atoms with Gasteiger partial charge in [-0.1, -0.05) is 29.3 Å². The van der Waals surface area contributed by atoms with Gasteiger partial charge in [0, 0.05) is 53.0 Å². The third kappa shape index (κ3) is 3.41. The molecule has 0 saturated carbocycles. The summed E-state index contributed by atoms with van der Waals surface area (Å²) in [5.74, 6) is 0.748. The van der Waals surface area contributed by atoms with Crippen molar-refractivity contribution >= 4 is 46.2 Å². The fourth-order valence-electron chi connectivity index (χ4n) is 3.89. The van der Waals surface area contributed by atoms with Crippen LogP contribution in [0.5, 0.6) is 0 Å². The van der Waals surface area contributed by atoms with Gasteiger partial charge in [0.05, 0.1) is 0 Å². The minimum Gasteiger partial charge on any atom is -0.348 e. The molecule has 1 saturated heterocycles. The highest BCUT2D eigenvalue weighted by molar-refractivity contribution is 7.80. The maximum absolute atomic E-state index is 12.1. The van der Waals surface area contributed by atoms with E-state index in [9.17, 15) is 4.79 Å². The Balaban J connectivity index is 1.53. The van der Waals surface area contributed by atoms with E-state index < -0.39 is 0 Å². The fraction of sp³-hybridized carbons (Fsp3) is 0.333. The number of thiocarbonyl (C=S) groups is 1. The zero-order valence-corrected chi connectivity index (χ0v) is 15.7. The van der Waals surface area contributed by atoms with Crippen LogP contribution in [-0.4, -0.2) is 27.7 Å². The second-order valence-corrected chi connectivity index (χ2v) is 7.95. The SMILES string of the molecule is O=c1cccc2n1C[C@H]1C[C@@H]2CN(C(=S)Nc2cc(Cl)cc(Cl)c2)C1. The molecule has 4 rings (SSSR count).